The molecule has 0 bridgehead atoms. The fraction of sp³-hybridized carbons (Fsp3) is 0. The van der Waals surface area contributed by atoms with E-state index in [0.29, 0.717) is 20.4 Å². The van der Waals surface area contributed by atoms with Gasteiger partial charge < -0.3 is 15.3 Å². The van der Waals surface area contributed by atoms with Gasteiger partial charge in [0.1, 0.15) is 11.3 Å². The Morgan fingerprint density at radius 3 is 2.29 bits per heavy atom. The summed E-state index contributed by atoms with van der Waals surface area (Å²) in [6.07, 6.45) is 0. The van der Waals surface area contributed by atoms with Gasteiger partial charge in [-0.3, -0.25) is 4.79 Å². The number of nitrogens with one attached hydrogen (secondary N) is 1. The van der Waals surface area contributed by atoms with Crippen molar-refractivity contribution >= 4 is 22.6 Å². The molecule has 0 aliphatic rings. The number of anilines is 1. The van der Waals surface area contributed by atoms with E-state index in [-0.39, 0.29) is 16.7 Å². The molecule has 6 nitrogen and oxygen atoms in total. The molecular weight excluding hydrogens is 361 g/mol. The molecule has 0 saturated carbocycles. The van der Waals surface area contributed by atoms with E-state index in [0.717, 1.165) is 12.1 Å². The largest absolute Gasteiger partial charge is 0.805 e. The highest BCUT2D eigenvalue weighted by Crippen LogP contribution is 2.24. The topological polar surface area (TPSA) is 80.1 Å². The van der Waals surface area contributed by atoms with Gasteiger partial charge in [0.25, 0.3) is 17.1 Å². The molecular formula is C21H14FN3O3. The molecule has 0 spiro atoms. The summed E-state index contributed by atoms with van der Waals surface area (Å²) in [5.41, 5.74) is 0.0699. The number of carbonyl (C=O) groups excluding carboxylic acids is 1. The molecule has 4 rings (SSSR count). The Balaban J connectivity index is 2.01. The van der Waals surface area contributed by atoms with Crippen LogP contribution in [0.2, 0.25) is 0 Å². The van der Waals surface area contributed by atoms with Crippen LogP contribution in [0.3, 0.4) is 0 Å². The van der Waals surface area contributed by atoms with Gasteiger partial charge >= 0.3 is 0 Å². The van der Waals surface area contributed by atoms with E-state index in [1.54, 1.807) is 60.7 Å². The van der Waals surface area contributed by atoms with Gasteiger partial charge in [-0.2, -0.15) is 0 Å². The van der Waals surface area contributed by atoms with E-state index in [4.69, 9.17) is 0 Å². The van der Waals surface area contributed by atoms with Gasteiger partial charge in [-0.15, -0.1) is 0 Å². The molecule has 0 aliphatic carbocycles. The molecule has 0 atom stereocenters. The van der Waals surface area contributed by atoms with E-state index in [1.807, 2.05) is 0 Å². The second kappa shape index (κ2) is 6.96. The summed E-state index contributed by atoms with van der Waals surface area (Å²) < 4.78 is 14.5. The molecule has 138 valence electrons. The maximum absolute atomic E-state index is 13.7. The number of para-hydroxylation sites is 1. The Morgan fingerprint density at radius 2 is 1.61 bits per heavy atom. The molecule has 3 aromatic carbocycles. The molecule has 1 aromatic heterocycles. The van der Waals surface area contributed by atoms with Crippen LogP contribution < -0.4 is 9.74 Å². The van der Waals surface area contributed by atoms with E-state index in [9.17, 15) is 19.3 Å². The summed E-state index contributed by atoms with van der Waals surface area (Å²) in [6.45, 7) is 0. The van der Waals surface area contributed by atoms with Gasteiger partial charge in [0, 0.05) is 22.7 Å². The number of nitrogens with zero attached hydrogens (tertiary/aromatic N) is 2. The van der Waals surface area contributed by atoms with Crippen LogP contribution in [0.15, 0.2) is 78.9 Å². The minimum Gasteiger partial charge on any atom is -0.805 e. The number of benzene rings is 3. The molecule has 0 fully saturated rings. The quantitative estimate of drug-likeness (QED) is 0.551. The Hall–Kier alpha value is -4.00. The van der Waals surface area contributed by atoms with Crippen LogP contribution in [-0.4, -0.2) is 10.6 Å². The Bertz CT molecular complexity index is 1240. The highest BCUT2D eigenvalue weighted by Gasteiger charge is 2.29. The number of hydrogen-bond acceptors (Lipinski definition) is 3. The van der Waals surface area contributed by atoms with Crippen molar-refractivity contribution in [3.8, 4) is 11.3 Å². The number of rotatable bonds is 3. The molecule has 28 heavy (non-hydrogen) atoms. The van der Waals surface area contributed by atoms with Gasteiger partial charge in [0.15, 0.2) is 5.69 Å². The zero-order chi connectivity index (χ0) is 19.7. The lowest BCUT2D eigenvalue weighted by Gasteiger charge is -2.18. The first-order valence-corrected chi connectivity index (χ1v) is 8.46. The van der Waals surface area contributed by atoms with Crippen LogP contribution in [-0.2, 0) is 0 Å². The predicted molar refractivity (Wildman–Crippen MR) is 104 cm³/mol. The van der Waals surface area contributed by atoms with Crippen LogP contribution in [0.25, 0.3) is 22.3 Å². The second-order valence-electron chi connectivity index (χ2n) is 6.11. The molecule has 7 heteroatoms. The lowest BCUT2D eigenvalue weighted by atomic mass is 10.1. The third-order valence-corrected chi connectivity index (χ3v) is 4.30. The summed E-state index contributed by atoms with van der Waals surface area (Å²) in [6, 6.07) is 20.2. The molecule has 0 aliphatic heterocycles. The third kappa shape index (κ3) is 2.99. The van der Waals surface area contributed by atoms with Gasteiger partial charge in [0.05, 0.1) is 9.99 Å². The summed E-state index contributed by atoms with van der Waals surface area (Å²) >= 11 is 0. The first-order valence-electron chi connectivity index (χ1n) is 8.46. The summed E-state index contributed by atoms with van der Waals surface area (Å²) in [5, 5.41) is 15.6. The smallest absolute Gasteiger partial charge is 0.299 e. The Labute approximate surface area is 158 Å². The van der Waals surface area contributed by atoms with Crippen molar-refractivity contribution in [2.75, 3.05) is 5.32 Å². The predicted octanol–water partition coefficient (Wildman–Crippen LogP) is 3.96. The normalized spacial score (nSPS) is 10.8. The van der Waals surface area contributed by atoms with Crippen molar-refractivity contribution in [2.24, 2.45) is 0 Å². The first-order chi connectivity index (χ1) is 13.6. The van der Waals surface area contributed by atoms with Crippen LogP contribution in [0.4, 0.5) is 10.1 Å². The first kappa shape index (κ1) is 17.4. The average molecular weight is 375 g/mol. The van der Waals surface area contributed by atoms with Crippen molar-refractivity contribution in [2.45, 2.75) is 0 Å². The molecule has 0 unspecified atom stereocenters. The van der Waals surface area contributed by atoms with Crippen LogP contribution in [0.5, 0.6) is 0 Å². The number of aromatic nitrogens is 2. The van der Waals surface area contributed by atoms with Crippen molar-refractivity contribution in [1.29, 1.82) is 0 Å². The van der Waals surface area contributed by atoms with Gasteiger partial charge in [-0.05, 0) is 30.3 Å². The average Bonchev–Trinajstić information content (AvgIpc) is 2.71. The third-order valence-electron chi connectivity index (χ3n) is 4.30. The summed E-state index contributed by atoms with van der Waals surface area (Å²) in [4.78, 5) is 26.0. The fourth-order valence-electron chi connectivity index (χ4n) is 3.03. The number of hydrogen-bond donors (Lipinski definition) is 1. The SMILES string of the molecule is O=C(Nc1ccccc1)c1c(-c2ccccc2)[n+](=O)c2ccc(F)cc2n1[O-]. The van der Waals surface area contributed by atoms with Crippen molar-refractivity contribution in [3.63, 3.8) is 0 Å². The van der Waals surface area contributed by atoms with E-state index in [1.165, 1.54) is 6.07 Å². The number of amides is 1. The van der Waals surface area contributed by atoms with E-state index < -0.39 is 17.4 Å². The lowest BCUT2D eigenvalue weighted by molar-refractivity contribution is -0.452. The van der Waals surface area contributed by atoms with Gasteiger partial charge in [-0.1, -0.05) is 36.4 Å². The van der Waals surface area contributed by atoms with Crippen molar-refractivity contribution in [1.82, 2.24) is 4.73 Å². The minimum atomic E-state index is -0.768. The van der Waals surface area contributed by atoms with E-state index >= 15 is 0 Å². The highest BCUT2D eigenvalue weighted by atomic mass is 19.1. The monoisotopic (exact) mass is 375 g/mol. The second-order valence-corrected chi connectivity index (χ2v) is 6.11. The maximum atomic E-state index is 13.7. The van der Waals surface area contributed by atoms with Crippen LogP contribution in [0, 0.1) is 15.9 Å². The Kier molecular flexibility index (Phi) is 4.33. The fourth-order valence-corrected chi connectivity index (χ4v) is 3.03. The minimum absolute atomic E-state index is 0.0356. The van der Waals surface area contributed by atoms with Crippen LogP contribution >= 0.6 is 0 Å². The highest BCUT2D eigenvalue weighted by molar-refractivity contribution is 6.07. The summed E-state index contributed by atoms with van der Waals surface area (Å²) in [7, 11) is 0. The number of halogens is 1. The molecule has 1 heterocycles. The molecule has 0 radical (unpaired) electrons. The van der Waals surface area contributed by atoms with E-state index in [2.05, 4.69) is 5.32 Å². The van der Waals surface area contributed by atoms with Crippen molar-refractivity contribution in [3.05, 3.63) is 100 Å². The molecule has 1 N–H and O–H groups in total. The lowest BCUT2D eigenvalue weighted by Crippen LogP contribution is -2.29. The van der Waals surface area contributed by atoms with Crippen LogP contribution in [0.1, 0.15) is 10.5 Å². The molecule has 1 amide bonds. The number of carbonyl (C=O) groups is 1. The van der Waals surface area contributed by atoms with Gasteiger partial charge in [0.2, 0.25) is 0 Å². The zero-order valence-corrected chi connectivity index (χ0v) is 14.5. The molecule has 4 aromatic rings. The van der Waals surface area contributed by atoms with Gasteiger partial charge in [-0.25, -0.2) is 4.39 Å². The maximum Gasteiger partial charge on any atom is 0.299 e. The number of fused-ring (bicyclic) bond motifs is 1. The van der Waals surface area contributed by atoms with Crippen molar-refractivity contribution < 1.29 is 13.6 Å². The standard InChI is InChI=1S/C21H14FN3O3/c22-15-11-12-17-18(13-15)25(28)20(21(26)23-16-9-5-2-6-10-16)19(24(17)27)14-7-3-1-4-8-14/h1-13H,(H,23,26). The summed E-state index contributed by atoms with van der Waals surface area (Å²) in [5.74, 6) is -1.45. The molecule has 0 saturated heterocycles. The Morgan fingerprint density at radius 1 is 0.964 bits per heavy atom. The zero-order valence-electron chi connectivity index (χ0n) is 14.5.